The van der Waals surface area contributed by atoms with Crippen LogP contribution >= 0.6 is 0 Å². The Morgan fingerprint density at radius 3 is 2.71 bits per heavy atom. The highest BCUT2D eigenvalue weighted by Crippen LogP contribution is 2.74. The molecule has 10 rings (SSSR count). The number of carbonyl (C=O) groups excluding carboxylic acids is 1. The van der Waals surface area contributed by atoms with Crippen LogP contribution in [0.3, 0.4) is 0 Å². The van der Waals surface area contributed by atoms with Crippen molar-refractivity contribution in [1.29, 1.82) is 0 Å². The van der Waals surface area contributed by atoms with Gasteiger partial charge in [-0.2, -0.15) is 0 Å². The number of fused-ring (bicyclic) bond motifs is 4. The summed E-state index contributed by atoms with van der Waals surface area (Å²) in [5.41, 5.74) is 1.64. The van der Waals surface area contributed by atoms with Crippen LogP contribution in [-0.2, 0) is 4.79 Å². The van der Waals surface area contributed by atoms with Crippen LogP contribution in [0.5, 0.6) is 11.5 Å². The normalized spacial score (nSPS) is 25.5. The Hall–Kier alpha value is -5.32. The zero-order valence-corrected chi connectivity index (χ0v) is 23.6. The molecule has 4 saturated carbocycles. The van der Waals surface area contributed by atoms with E-state index in [0.29, 0.717) is 45.4 Å². The Morgan fingerprint density at radius 1 is 1.02 bits per heavy atom. The molecule has 4 aliphatic carbocycles. The molecular formula is C34H25F2N5O4. The van der Waals surface area contributed by atoms with E-state index in [4.69, 9.17) is 14.7 Å². The standard InChI is InChI=1S/C34H25F2N5O4/c35-17-11-20-21(14-37-29(20)23(36)12-17)31-38-25(13-28(41-31)40-30-18-8-6-16-10-22(18)34(16,30)33(43)44)15-5-7-19-27(9-15)45-26-4-2-1-3-24(26)39-32(19)42/h1-5,7,9,11-14,16,18,22,30,37H,6,8,10H2,(H,39,42)(H,43,44)(H,38,40,41)/t16?,18?,22?,30-,34-/m0/s1. The first kappa shape index (κ1) is 26.1. The fraction of sp³-hybridized carbons (Fsp3) is 0.235. The highest BCUT2D eigenvalue weighted by Gasteiger charge is 2.78. The summed E-state index contributed by atoms with van der Waals surface area (Å²) in [7, 11) is 0. The molecule has 3 unspecified atom stereocenters. The van der Waals surface area contributed by atoms with Gasteiger partial charge in [-0.15, -0.1) is 0 Å². The number of hydrogen-bond acceptors (Lipinski definition) is 6. The van der Waals surface area contributed by atoms with Crippen LogP contribution in [-0.4, -0.2) is 38.0 Å². The number of nitrogens with one attached hydrogen (secondary N) is 3. The average molecular weight is 606 g/mol. The minimum Gasteiger partial charge on any atom is -0.481 e. The van der Waals surface area contributed by atoms with Crippen molar-refractivity contribution < 1.29 is 28.2 Å². The minimum absolute atomic E-state index is 0.122. The zero-order valence-electron chi connectivity index (χ0n) is 23.6. The number of nitrogens with zero attached hydrogens (tertiary/aromatic N) is 2. The van der Waals surface area contributed by atoms with Gasteiger partial charge in [0.05, 0.1) is 27.9 Å². The maximum absolute atomic E-state index is 14.6. The number of carbonyl (C=O) groups is 2. The van der Waals surface area contributed by atoms with Crippen LogP contribution in [0.4, 0.5) is 20.3 Å². The summed E-state index contributed by atoms with van der Waals surface area (Å²) in [6.07, 6.45) is 4.33. The van der Waals surface area contributed by atoms with Gasteiger partial charge in [0.25, 0.3) is 5.91 Å². The summed E-state index contributed by atoms with van der Waals surface area (Å²) < 4.78 is 35.1. The second-order valence-corrected chi connectivity index (χ2v) is 12.4. The number of amides is 1. The molecule has 3 heterocycles. The van der Waals surface area contributed by atoms with E-state index in [1.165, 1.54) is 12.3 Å². The molecular weight excluding hydrogens is 580 g/mol. The largest absolute Gasteiger partial charge is 0.481 e. The Kier molecular flexibility index (Phi) is 5.28. The van der Waals surface area contributed by atoms with E-state index in [-0.39, 0.29) is 46.4 Å². The molecule has 5 aromatic rings. The number of anilines is 2. The topological polar surface area (TPSA) is 129 Å². The predicted molar refractivity (Wildman–Crippen MR) is 161 cm³/mol. The minimum atomic E-state index is -0.820. The van der Waals surface area contributed by atoms with Gasteiger partial charge in [-0.25, -0.2) is 18.7 Å². The van der Waals surface area contributed by atoms with Crippen LogP contribution in [0.2, 0.25) is 0 Å². The van der Waals surface area contributed by atoms with E-state index < -0.39 is 23.0 Å². The number of benzene rings is 3. The molecule has 3 aromatic carbocycles. The molecule has 5 aliphatic rings. The monoisotopic (exact) mass is 605 g/mol. The smallest absolute Gasteiger partial charge is 0.312 e. The second kappa shape index (κ2) is 9.10. The lowest BCUT2D eigenvalue weighted by Crippen LogP contribution is -2.79. The summed E-state index contributed by atoms with van der Waals surface area (Å²) in [5.74, 6) is -0.641. The fourth-order valence-electron chi connectivity index (χ4n) is 8.34. The molecule has 4 N–H and O–H groups in total. The van der Waals surface area contributed by atoms with Gasteiger partial charge in [0.1, 0.15) is 23.2 Å². The van der Waals surface area contributed by atoms with E-state index in [9.17, 15) is 23.5 Å². The van der Waals surface area contributed by atoms with Gasteiger partial charge in [-0.05, 0) is 67.3 Å². The number of hydrogen-bond donors (Lipinski definition) is 4. The molecule has 224 valence electrons. The summed E-state index contributed by atoms with van der Waals surface area (Å²) >= 11 is 0. The highest BCUT2D eigenvalue weighted by molar-refractivity contribution is 6.08. The molecule has 2 aromatic heterocycles. The number of rotatable bonds is 5. The summed E-state index contributed by atoms with van der Waals surface area (Å²) in [5, 5.41) is 16.9. The van der Waals surface area contributed by atoms with Crippen LogP contribution in [0.15, 0.2) is 66.9 Å². The van der Waals surface area contributed by atoms with Crippen molar-refractivity contribution >= 4 is 34.3 Å². The van der Waals surface area contributed by atoms with Crippen molar-refractivity contribution in [2.24, 2.45) is 23.2 Å². The number of carboxylic acids is 1. The Balaban J connectivity index is 1.18. The number of aliphatic carboxylic acids is 1. The summed E-state index contributed by atoms with van der Waals surface area (Å²) in [6.45, 7) is 0. The van der Waals surface area contributed by atoms with Gasteiger partial charge in [0, 0.05) is 40.9 Å². The number of halogens is 2. The van der Waals surface area contributed by atoms with Gasteiger partial charge in [0.2, 0.25) is 0 Å². The summed E-state index contributed by atoms with van der Waals surface area (Å²) in [6, 6.07) is 15.7. The van der Waals surface area contributed by atoms with Crippen molar-refractivity contribution in [3.8, 4) is 34.1 Å². The molecule has 1 amide bonds. The van der Waals surface area contributed by atoms with Crippen LogP contribution < -0.4 is 15.4 Å². The third-order valence-corrected chi connectivity index (χ3v) is 10.4. The van der Waals surface area contributed by atoms with E-state index in [1.807, 2.05) is 6.07 Å². The van der Waals surface area contributed by atoms with E-state index in [2.05, 4.69) is 15.6 Å². The number of aromatic nitrogens is 3. The van der Waals surface area contributed by atoms with Crippen LogP contribution in [0.25, 0.3) is 33.5 Å². The molecule has 4 bridgehead atoms. The molecule has 0 saturated heterocycles. The van der Waals surface area contributed by atoms with Gasteiger partial charge in [0.15, 0.2) is 11.6 Å². The van der Waals surface area contributed by atoms with Crippen LogP contribution in [0.1, 0.15) is 29.6 Å². The SMILES string of the molecule is O=C1Nc2ccccc2Oc2cc(-c3cc(N[C@H]4C5CCC6CC5[C@@]64C(=O)O)nc(-c4c[nH]c5c(F)cc(F)cc45)n3)ccc21. The molecule has 1 aliphatic heterocycles. The third kappa shape index (κ3) is 3.57. The van der Waals surface area contributed by atoms with E-state index in [0.717, 1.165) is 25.3 Å². The molecule has 5 atom stereocenters. The number of carboxylic acid groups (broad SMARTS) is 1. The third-order valence-electron chi connectivity index (χ3n) is 10.4. The molecule has 9 nitrogen and oxygen atoms in total. The number of para-hydroxylation sites is 2. The quantitative estimate of drug-likeness (QED) is 0.173. The van der Waals surface area contributed by atoms with Crippen molar-refractivity contribution in [2.45, 2.75) is 25.3 Å². The van der Waals surface area contributed by atoms with Gasteiger partial charge in [-0.1, -0.05) is 18.2 Å². The Bertz CT molecular complexity index is 2110. The van der Waals surface area contributed by atoms with E-state index >= 15 is 0 Å². The van der Waals surface area contributed by atoms with Crippen molar-refractivity contribution in [1.82, 2.24) is 15.0 Å². The molecule has 0 radical (unpaired) electrons. The Morgan fingerprint density at radius 2 is 1.89 bits per heavy atom. The van der Waals surface area contributed by atoms with Crippen molar-refractivity contribution in [2.75, 3.05) is 10.6 Å². The molecule has 4 fully saturated rings. The van der Waals surface area contributed by atoms with Gasteiger partial charge in [-0.3, -0.25) is 9.59 Å². The lowest BCUT2D eigenvalue weighted by atomic mass is 9.30. The van der Waals surface area contributed by atoms with Crippen LogP contribution in [0, 0.1) is 34.8 Å². The molecule has 11 heteroatoms. The van der Waals surface area contributed by atoms with Gasteiger partial charge < -0.3 is 25.5 Å². The van der Waals surface area contributed by atoms with Crippen molar-refractivity contribution in [3.63, 3.8) is 0 Å². The van der Waals surface area contributed by atoms with Gasteiger partial charge >= 0.3 is 5.97 Å². The fourth-order valence-corrected chi connectivity index (χ4v) is 8.34. The number of H-pyrrole nitrogens is 1. The zero-order chi connectivity index (χ0) is 30.6. The number of ether oxygens (including phenoxy) is 1. The lowest BCUT2D eigenvalue weighted by Gasteiger charge is -2.74. The first-order valence-corrected chi connectivity index (χ1v) is 14.9. The second-order valence-electron chi connectivity index (χ2n) is 12.4. The Labute approximate surface area is 254 Å². The maximum Gasteiger partial charge on any atom is 0.312 e. The lowest BCUT2D eigenvalue weighted by molar-refractivity contribution is -0.248. The molecule has 0 spiro atoms. The average Bonchev–Trinajstić information content (AvgIpc) is 3.39. The maximum atomic E-state index is 14.6. The first-order valence-electron chi connectivity index (χ1n) is 14.9. The summed E-state index contributed by atoms with van der Waals surface area (Å²) in [4.78, 5) is 38.0. The predicted octanol–water partition coefficient (Wildman–Crippen LogP) is 6.84. The number of aromatic amines is 1. The van der Waals surface area contributed by atoms with Crippen molar-refractivity contribution in [3.05, 3.63) is 84.1 Å². The first-order chi connectivity index (χ1) is 21.8. The molecule has 45 heavy (non-hydrogen) atoms. The van der Waals surface area contributed by atoms with E-state index in [1.54, 1.807) is 42.5 Å². The highest BCUT2D eigenvalue weighted by atomic mass is 19.1.